The van der Waals surface area contributed by atoms with E-state index in [1.807, 2.05) is 30.3 Å². The number of rotatable bonds is 5. The third-order valence-electron chi connectivity index (χ3n) is 3.44. The maximum absolute atomic E-state index is 12.2. The van der Waals surface area contributed by atoms with Gasteiger partial charge in [0.15, 0.2) is 0 Å². The molecule has 0 saturated carbocycles. The van der Waals surface area contributed by atoms with Crippen molar-refractivity contribution in [3.63, 3.8) is 0 Å². The molecule has 0 fully saturated rings. The van der Waals surface area contributed by atoms with Gasteiger partial charge >= 0.3 is 0 Å². The number of para-hydroxylation sites is 1. The minimum Gasteiger partial charge on any atom is -0.368 e. The second-order valence-electron chi connectivity index (χ2n) is 5.05. The molecule has 7 heteroatoms. The zero-order valence-corrected chi connectivity index (χ0v) is 12.2. The van der Waals surface area contributed by atoms with Gasteiger partial charge in [-0.3, -0.25) is 9.59 Å². The summed E-state index contributed by atoms with van der Waals surface area (Å²) < 4.78 is 1.48. The summed E-state index contributed by atoms with van der Waals surface area (Å²) in [7, 11) is 0. The maximum atomic E-state index is 12.2. The third-order valence-corrected chi connectivity index (χ3v) is 3.44. The van der Waals surface area contributed by atoms with Crippen LogP contribution in [0.25, 0.3) is 11.0 Å². The van der Waals surface area contributed by atoms with Crippen molar-refractivity contribution in [1.82, 2.24) is 20.3 Å². The van der Waals surface area contributed by atoms with Crippen LogP contribution in [0, 0.1) is 0 Å². The number of nitrogens with two attached hydrogens (primary N) is 1. The molecule has 0 spiro atoms. The molecule has 0 bridgehead atoms. The van der Waals surface area contributed by atoms with Crippen molar-refractivity contribution in [3.8, 4) is 0 Å². The number of aromatic nitrogens is 3. The molecule has 2 aromatic carbocycles. The van der Waals surface area contributed by atoms with Crippen LogP contribution in [0.5, 0.6) is 0 Å². The predicted molar refractivity (Wildman–Crippen MR) is 84.0 cm³/mol. The Bertz CT molecular complexity index is 844. The molecular weight excluding hydrogens is 294 g/mol. The molecule has 2 amide bonds. The summed E-state index contributed by atoms with van der Waals surface area (Å²) in [4.78, 5) is 23.9. The molecule has 0 aliphatic rings. The van der Waals surface area contributed by atoms with E-state index >= 15 is 0 Å². The number of amides is 2. The van der Waals surface area contributed by atoms with Crippen molar-refractivity contribution in [2.24, 2.45) is 5.73 Å². The summed E-state index contributed by atoms with van der Waals surface area (Å²) in [5, 5.41) is 10.6. The van der Waals surface area contributed by atoms with Crippen LogP contribution < -0.4 is 11.1 Å². The quantitative estimate of drug-likeness (QED) is 0.726. The van der Waals surface area contributed by atoms with Gasteiger partial charge in [0.1, 0.15) is 18.1 Å². The molecule has 7 nitrogen and oxygen atoms in total. The molecule has 0 radical (unpaired) electrons. The summed E-state index contributed by atoms with van der Waals surface area (Å²) in [5.74, 6) is -0.985. The molecule has 1 unspecified atom stereocenters. The Morgan fingerprint density at radius 1 is 1.09 bits per heavy atom. The highest BCUT2D eigenvalue weighted by atomic mass is 16.2. The lowest BCUT2D eigenvalue weighted by molar-refractivity contribution is -0.128. The number of primary amides is 1. The fourth-order valence-electron chi connectivity index (χ4n) is 2.34. The molecule has 3 rings (SSSR count). The van der Waals surface area contributed by atoms with Crippen molar-refractivity contribution in [2.75, 3.05) is 0 Å². The van der Waals surface area contributed by atoms with E-state index in [0.29, 0.717) is 11.1 Å². The van der Waals surface area contributed by atoms with E-state index in [9.17, 15) is 9.59 Å². The Morgan fingerprint density at radius 3 is 2.52 bits per heavy atom. The van der Waals surface area contributed by atoms with Crippen molar-refractivity contribution in [1.29, 1.82) is 0 Å². The number of benzene rings is 2. The molecule has 1 heterocycles. The van der Waals surface area contributed by atoms with Crippen molar-refractivity contribution in [3.05, 3.63) is 60.2 Å². The van der Waals surface area contributed by atoms with Crippen molar-refractivity contribution >= 4 is 22.8 Å². The van der Waals surface area contributed by atoms with E-state index in [1.54, 1.807) is 24.3 Å². The van der Waals surface area contributed by atoms with E-state index in [2.05, 4.69) is 15.6 Å². The molecule has 23 heavy (non-hydrogen) atoms. The highest BCUT2D eigenvalue weighted by Crippen LogP contribution is 2.13. The van der Waals surface area contributed by atoms with Crippen LogP contribution in [0.4, 0.5) is 0 Å². The predicted octanol–water partition coefficient (Wildman–Crippen LogP) is 0.774. The maximum Gasteiger partial charge on any atom is 0.244 e. The number of hydrogen-bond acceptors (Lipinski definition) is 4. The topological polar surface area (TPSA) is 103 Å². The van der Waals surface area contributed by atoms with Gasteiger partial charge in [0, 0.05) is 0 Å². The normalized spacial score (nSPS) is 12.0. The average Bonchev–Trinajstić information content (AvgIpc) is 2.96. The van der Waals surface area contributed by atoms with E-state index in [0.717, 1.165) is 5.52 Å². The zero-order chi connectivity index (χ0) is 16.2. The molecule has 0 aliphatic heterocycles. The van der Waals surface area contributed by atoms with E-state index in [-0.39, 0.29) is 12.5 Å². The van der Waals surface area contributed by atoms with Crippen LogP contribution in [-0.2, 0) is 16.1 Å². The second kappa shape index (κ2) is 6.27. The standard InChI is InChI=1S/C16H15N5O2/c17-16(23)15(11-6-2-1-3-7-11)18-14(22)10-21-13-9-5-4-8-12(13)19-20-21/h1-9,15H,10H2,(H2,17,23)(H,18,22). The van der Waals surface area contributed by atoms with Crippen LogP contribution in [-0.4, -0.2) is 26.8 Å². The lowest BCUT2D eigenvalue weighted by atomic mass is 10.1. The second-order valence-corrected chi connectivity index (χ2v) is 5.05. The van der Waals surface area contributed by atoms with Crippen molar-refractivity contribution in [2.45, 2.75) is 12.6 Å². The first-order valence-corrected chi connectivity index (χ1v) is 7.07. The SMILES string of the molecule is NC(=O)C(NC(=O)Cn1nnc2ccccc21)c1ccccc1. The highest BCUT2D eigenvalue weighted by molar-refractivity contribution is 5.88. The molecule has 1 aromatic heterocycles. The number of carbonyl (C=O) groups excluding carboxylic acids is 2. The Morgan fingerprint density at radius 2 is 1.78 bits per heavy atom. The molecule has 1 atom stereocenters. The van der Waals surface area contributed by atoms with Crippen LogP contribution in [0.1, 0.15) is 11.6 Å². The van der Waals surface area contributed by atoms with Gasteiger partial charge in [-0.1, -0.05) is 47.7 Å². The fourth-order valence-corrected chi connectivity index (χ4v) is 2.34. The molecule has 0 saturated heterocycles. The Hall–Kier alpha value is -3.22. The zero-order valence-electron chi connectivity index (χ0n) is 12.2. The number of nitrogens with one attached hydrogen (secondary N) is 1. The smallest absolute Gasteiger partial charge is 0.244 e. The summed E-state index contributed by atoms with van der Waals surface area (Å²) in [6, 6.07) is 15.3. The average molecular weight is 309 g/mol. The number of carbonyl (C=O) groups is 2. The number of hydrogen-bond donors (Lipinski definition) is 2. The summed E-state index contributed by atoms with van der Waals surface area (Å²) >= 11 is 0. The van der Waals surface area contributed by atoms with Gasteiger partial charge in [-0.15, -0.1) is 5.10 Å². The van der Waals surface area contributed by atoms with Gasteiger partial charge in [0.05, 0.1) is 5.52 Å². The lowest BCUT2D eigenvalue weighted by Crippen LogP contribution is -2.39. The van der Waals surface area contributed by atoms with Gasteiger partial charge in [-0.25, -0.2) is 4.68 Å². The van der Waals surface area contributed by atoms with Gasteiger partial charge in [-0.2, -0.15) is 0 Å². The molecule has 3 N–H and O–H groups in total. The molecule has 116 valence electrons. The Balaban J connectivity index is 1.76. The minimum atomic E-state index is -0.876. The van der Waals surface area contributed by atoms with Crippen LogP contribution in [0.3, 0.4) is 0 Å². The van der Waals surface area contributed by atoms with Gasteiger partial charge in [0.25, 0.3) is 0 Å². The molecule has 3 aromatic rings. The first-order chi connectivity index (χ1) is 11.1. The lowest BCUT2D eigenvalue weighted by Gasteiger charge is -2.15. The van der Waals surface area contributed by atoms with Crippen molar-refractivity contribution < 1.29 is 9.59 Å². The Labute approximate surface area is 132 Å². The monoisotopic (exact) mass is 309 g/mol. The third kappa shape index (κ3) is 3.18. The van der Waals surface area contributed by atoms with E-state index < -0.39 is 11.9 Å². The van der Waals surface area contributed by atoms with Gasteiger partial charge in [0.2, 0.25) is 11.8 Å². The largest absolute Gasteiger partial charge is 0.368 e. The Kier molecular flexibility index (Phi) is 4.01. The minimum absolute atomic E-state index is 0.0445. The van der Waals surface area contributed by atoms with E-state index in [1.165, 1.54) is 4.68 Å². The summed E-state index contributed by atoms with van der Waals surface area (Å²) in [6.07, 6.45) is 0. The van der Waals surface area contributed by atoms with Crippen LogP contribution in [0.2, 0.25) is 0 Å². The van der Waals surface area contributed by atoms with Crippen LogP contribution in [0.15, 0.2) is 54.6 Å². The molecule has 0 aliphatic carbocycles. The summed E-state index contributed by atoms with van der Waals surface area (Å²) in [5.41, 5.74) is 7.48. The first kappa shape index (κ1) is 14.7. The first-order valence-electron chi connectivity index (χ1n) is 7.07. The number of nitrogens with zero attached hydrogens (tertiary/aromatic N) is 3. The van der Waals surface area contributed by atoms with Gasteiger partial charge < -0.3 is 11.1 Å². The summed E-state index contributed by atoms with van der Waals surface area (Å²) in [6.45, 7) is -0.0445. The molecular formula is C16H15N5O2. The van der Waals surface area contributed by atoms with Crippen LogP contribution >= 0.6 is 0 Å². The van der Waals surface area contributed by atoms with Gasteiger partial charge in [-0.05, 0) is 17.7 Å². The van der Waals surface area contributed by atoms with E-state index in [4.69, 9.17) is 5.73 Å². The number of fused-ring (bicyclic) bond motifs is 1. The highest BCUT2D eigenvalue weighted by Gasteiger charge is 2.20. The fraction of sp³-hybridized carbons (Fsp3) is 0.125.